The second-order valence-electron chi connectivity index (χ2n) is 4.37. The van der Waals surface area contributed by atoms with Crippen molar-refractivity contribution >= 4 is 0 Å². The molecule has 3 nitrogen and oxygen atoms in total. The molecule has 0 aliphatic heterocycles. The van der Waals surface area contributed by atoms with Crippen LogP contribution in [-0.4, -0.2) is 35.0 Å². The fraction of sp³-hybridized carbons (Fsp3) is 1.00. The molecular weight excluding hydrogens is 166 g/mol. The van der Waals surface area contributed by atoms with Gasteiger partial charge in [0, 0.05) is 6.04 Å². The van der Waals surface area contributed by atoms with Gasteiger partial charge in [-0.05, 0) is 32.1 Å². The topological polar surface area (TPSA) is 52.5 Å². The standard InChI is InChI=1S/C10H21NO2/c1-3-9(8-4-5-8)11-10(2,6-12)7-13/h8-9,11-13H,3-7H2,1-2H3. The van der Waals surface area contributed by atoms with Crippen molar-refractivity contribution in [3.05, 3.63) is 0 Å². The Morgan fingerprint density at radius 3 is 2.23 bits per heavy atom. The predicted molar refractivity (Wildman–Crippen MR) is 52.5 cm³/mol. The molecule has 0 bridgehead atoms. The van der Waals surface area contributed by atoms with E-state index in [1.165, 1.54) is 12.8 Å². The summed E-state index contributed by atoms with van der Waals surface area (Å²) in [5.74, 6) is 0.766. The maximum absolute atomic E-state index is 9.11. The van der Waals surface area contributed by atoms with Gasteiger partial charge in [0.15, 0.2) is 0 Å². The molecule has 1 unspecified atom stereocenters. The highest BCUT2D eigenvalue weighted by atomic mass is 16.3. The summed E-state index contributed by atoms with van der Waals surface area (Å²) in [5.41, 5.74) is -0.511. The molecule has 1 atom stereocenters. The van der Waals surface area contributed by atoms with Gasteiger partial charge < -0.3 is 15.5 Å². The third-order valence-electron chi connectivity index (χ3n) is 2.86. The molecule has 1 saturated carbocycles. The van der Waals surface area contributed by atoms with Crippen LogP contribution in [0.4, 0.5) is 0 Å². The molecule has 13 heavy (non-hydrogen) atoms. The van der Waals surface area contributed by atoms with Crippen LogP contribution in [0.25, 0.3) is 0 Å². The maximum atomic E-state index is 9.11. The lowest BCUT2D eigenvalue weighted by molar-refractivity contribution is 0.0903. The minimum absolute atomic E-state index is 0.00722. The largest absolute Gasteiger partial charge is 0.394 e. The minimum Gasteiger partial charge on any atom is -0.394 e. The maximum Gasteiger partial charge on any atom is 0.0633 e. The Hall–Kier alpha value is -0.120. The SMILES string of the molecule is CCC(NC(C)(CO)CO)C1CC1. The summed E-state index contributed by atoms with van der Waals surface area (Å²) in [5, 5.41) is 21.6. The van der Waals surface area contributed by atoms with Crippen LogP contribution >= 0.6 is 0 Å². The predicted octanol–water partition coefficient (Wildman–Crippen LogP) is 0.508. The van der Waals surface area contributed by atoms with Crippen LogP contribution < -0.4 is 5.32 Å². The molecule has 0 spiro atoms. The van der Waals surface area contributed by atoms with Gasteiger partial charge in [-0.2, -0.15) is 0 Å². The first-order chi connectivity index (χ1) is 6.15. The van der Waals surface area contributed by atoms with E-state index in [9.17, 15) is 0 Å². The molecule has 0 aromatic rings. The summed E-state index contributed by atoms with van der Waals surface area (Å²) in [7, 11) is 0. The lowest BCUT2D eigenvalue weighted by atomic mass is 10.0. The van der Waals surface area contributed by atoms with Crippen molar-refractivity contribution < 1.29 is 10.2 Å². The van der Waals surface area contributed by atoms with Crippen molar-refractivity contribution in [3.63, 3.8) is 0 Å². The number of hydrogen-bond donors (Lipinski definition) is 3. The lowest BCUT2D eigenvalue weighted by Gasteiger charge is -2.31. The molecule has 0 aromatic carbocycles. The Morgan fingerprint density at radius 1 is 1.38 bits per heavy atom. The van der Waals surface area contributed by atoms with E-state index in [4.69, 9.17) is 10.2 Å². The first-order valence-corrected chi connectivity index (χ1v) is 5.14. The van der Waals surface area contributed by atoms with Crippen LogP contribution in [0, 0.1) is 5.92 Å². The van der Waals surface area contributed by atoms with Crippen LogP contribution in [0.5, 0.6) is 0 Å². The third-order valence-corrected chi connectivity index (χ3v) is 2.86. The number of aliphatic hydroxyl groups is 2. The van der Waals surface area contributed by atoms with Gasteiger partial charge in [0.05, 0.1) is 18.8 Å². The second kappa shape index (κ2) is 4.40. The Kier molecular flexibility index (Phi) is 3.71. The van der Waals surface area contributed by atoms with Crippen LogP contribution in [0.1, 0.15) is 33.1 Å². The van der Waals surface area contributed by atoms with E-state index in [-0.39, 0.29) is 13.2 Å². The van der Waals surface area contributed by atoms with E-state index in [0.717, 1.165) is 12.3 Å². The molecule has 1 aliphatic rings. The van der Waals surface area contributed by atoms with Crippen molar-refractivity contribution in [2.75, 3.05) is 13.2 Å². The minimum atomic E-state index is -0.511. The normalized spacial score (nSPS) is 20.3. The number of aliphatic hydroxyl groups excluding tert-OH is 2. The quantitative estimate of drug-likeness (QED) is 0.568. The van der Waals surface area contributed by atoms with Gasteiger partial charge >= 0.3 is 0 Å². The summed E-state index contributed by atoms with van der Waals surface area (Å²) in [6.45, 7) is 3.99. The van der Waals surface area contributed by atoms with Crippen molar-refractivity contribution in [1.82, 2.24) is 5.32 Å². The van der Waals surface area contributed by atoms with Gasteiger partial charge in [-0.1, -0.05) is 6.92 Å². The fourth-order valence-corrected chi connectivity index (χ4v) is 1.64. The Labute approximate surface area is 80.2 Å². The number of nitrogens with one attached hydrogen (secondary N) is 1. The van der Waals surface area contributed by atoms with E-state index in [1.807, 2.05) is 6.92 Å². The van der Waals surface area contributed by atoms with Gasteiger partial charge in [0.1, 0.15) is 0 Å². The van der Waals surface area contributed by atoms with E-state index in [0.29, 0.717) is 6.04 Å². The van der Waals surface area contributed by atoms with Crippen molar-refractivity contribution in [3.8, 4) is 0 Å². The molecule has 1 rings (SSSR count). The van der Waals surface area contributed by atoms with E-state index in [2.05, 4.69) is 12.2 Å². The van der Waals surface area contributed by atoms with E-state index < -0.39 is 5.54 Å². The average Bonchev–Trinajstić information content (AvgIpc) is 2.97. The third kappa shape index (κ3) is 2.93. The van der Waals surface area contributed by atoms with Crippen LogP contribution in [0.3, 0.4) is 0 Å². The number of hydrogen-bond acceptors (Lipinski definition) is 3. The van der Waals surface area contributed by atoms with Crippen LogP contribution in [0.15, 0.2) is 0 Å². The molecule has 1 fully saturated rings. The van der Waals surface area contributed by atoms with E-state index in [1.54, 1.807) is 0 Å². The first-order valence-electron chi connectivity index (χ1n) is 5.14. The van der Waals surface area contributed by atoms with Crippen molar-refractivity contribution in [1.29, 1.82) is 0 Å². The summed E-state index contributed by atoms with van der Waals surface area (Å²) in [6.07, 6.45) is 3.65. The van der Waals surface area contributed by atoms with Crippen molar-refractivity contribution in [2.24, 2.45) is 5.92 Å². The zero-order valence-corrected chi connectivity index (χ0v) is 8.58. The molecule has 78 valence electrons. The smallest absolute Gasteiger partial charge is 0.0633 e. The molecule has 3 N–H and O–H groups in total. The van der Waals surface area contributed by atoms with Gasteiger partial charge in [-0.3, -0.25) is 0 Å². The monoisotopic (exact) mass is 187 g/mol. The number of rotatable bonds is 6. The molecule has 1 aliphatic carbocycles. The fourth-order valence-electron chi connectivity index (χ4n) is 1.64. The highest BCUT2D eigenvalue weighted by molar-refractivity contribution is 4.92. The Bertz CT molecular complexity index is 153. The second-order valence-corrected chi connectivity index (χ2v) is 4.37. The summed E-state index contributed by atoms with van der Waals surface area (Å²) in [6, 6.07) is 0.462. The lowest BCUT2D eigenvalue weighted by Crippen LogP contribution is -2.54. The Morgan fingerprint density at radius 2 is 1.92 bits per heavy atom. The average molecular weight is 187 g/mol. The highest BCUT2D eigenvalue weighted by Gasteiger charge is 2.34. The van der Waals surface area contributed by atoms with Gasteiger partial charge in [-0.15, -0.1) is 0 Å². The summed E-state index contributed by atoms with van der Waals surface area (Å²) >= 11 is 0. The molecule has 0 heterocycles. The van der Waals surface area contributed by atoms with Gasteiger partial charge in [0.2, 0.25) is 0 Å². The summed E-state index contributed by atoms with van der Waals surface area (Å²) in [4.78, 5) is 0. The molecule has 0 radical (unpaired) electrons. The summed E-state index contributed by atoms with van der Waals surface area (Å²) < 4.78 is 0. The molecular formula is C10H21NO2. The van der Waals surface area contributed by atoms with Crippen molar-refractivity contribution in [2.45, 2.75) is 44.7 Å². The van der Waals surface area contributed by atoms with Gasteiger partial charge in [-0.25, -0.2) is 0 Å². The first kappa shape index (κ1) is 11.0. The molecule has 0 aromatic heterocycles. The Balaban J connectivity index is 2.42. The molecule has 3 heteroatoms. The van der Waals surface area contributed by atoms with Gasteiger partial charge in [0.25, 0.3) is 0 Å². The highest BCUT2D eigenvalue weighted by Crippen LogP contribution is 2.34. The zero-order valence-electron chi connectivity index (χ0n) is 8.58. The van der Waals surface area contributed by atoms with E-state index >= 15 is 0 Å². The molecule has 0 amide bonds. The molecule has 0 saturated heterocycles. The van der Waals surface area contributed by atoms with Crippen LogP contribution in [0.2, 0.25) is 0 Å². The zero-order chi connectivity index (χ0) is 9.90. The van der Waals surface area contributed by atoms with Crippen LogP contribution in [-0.2, 0) is 0 Å².